The van der Waals surface area contributed by atoms with Crippen molar-refractivity contribution in [2.24, 2.45) is 0 Å². The zero-order chi connectivity index (χ0) is 18.2. The van der Waals surface area contributed by atoms with E-state index in [1.807, 2.05) is 14.0 Å². The van der Waals surface area contributed by atoms with Gasteiger partial charge in [0.15, 0.2) is 0 Å². The second kappa shape index (κ2) is 6.76. The van der Waals surface area contributed by atoms with Crippen molar-refractivity contribution in [1.82, 2.24) is 14.1 Å². The predicted molar refractivity (Wildman–Crippen MR) is 92.3 cm³/mol. The number of rotatable bonds is 3. The van der Waals surface area contributed by atoms with Gasteiger partial charge in [-0.15, -0.1) is 0 Å². The third-order valence-corrected chi connectivity index (χ3v) is 6.68. The van der Waals surface area contributed by atoms with Crippen LogP contribution < -0.4 is 0 Å². The van der Waals surface area contributed by atoms with Gasteiger partial charge < -0.3 is 9.80 Å². The zero-order valence-electron chi connectivity index (χ0n) is 14.5. The smallest absolute Gasteiger partial charge is 0.267 e. The van der Waals surface area contributed by atoms with E-state index >= 15 is 0 Å². The average molecular weight is 365 g/mol. The van der Waals surface area contributed by atoms with Crippen molar-refractivity contribution in [3.8, 4) is 0 Å². The Kier molecular flexibility index (Phi) is 4.83. The maximum Gasteiger partial charge on any atom is 0.267 e. The summed E-state index contributed by atoms with van der Waals surface area (Å²) in [7, 11) is -2.04. The van der Waals surface area contributed by atoms with Gasteiger partial charge in [-0.2, -0.15) is 0 Å². The third kappa shape index (κ3) is 3.41. The van der Waals surface area contributed by atoms with Crippen molar-refractivity contribution in [2.75, 3.05) is 33.2 Å². The summed E-state index contributed by atoms with van der Waals surface area (Å²) in [5, 5.41) is 0. The number of aryl methyl sites for hydroxylation is 1. The molecule has 0 unspecified atom stereocenters. The number of hydrogen-bond donors (Lipinski definition) is 0. The molecule has 0 saturated carbocycles. The molecule has 0 spiro atoms. The Labute approximate surface area is 148 Å². The van der Waals surface area contributed by atoms with Crippen LogP contribution in [0.25, 0.3) is 0 Å². The number of hydrogen-bond acceptors (Lipinski definition) is 5. The monoisotopic (exact) mass is 365 g/mol. The largest absolute Gasteiger partial charge is 0.338 e. The molecule has 0 aromatic heterocycles. The first-order valence-corrected chi connectivity index (χ1v) is 9.86. The van der Waals surface area contributed by atoms with Crippen molar-refractivity contribution in [3.05, 3.63) is 29.8 Å². The summed E-state index contributed by atoms with van der Waals surface area (Å²) in [6.45, 7) is 4.46. The lowest BCUT2D eigenvalue weighted by atomic mass is 10.2. The molecule has 2 amide bonds. The number of likely N-dealkylation sites (N-methyl/N-ethyl adjacent to an activating group) is 1. The first-order valence-electron chi connectivity index (χ1n) is 8.42. The Hall–Kier alpha value is -1.93. The van der Waals surface area contributed by atoms with Crippen LogP contribution in [-0.2, 0) is 19.6 Å². The summed E-state index contributed by atoms with van der Waals surface area (Å²) in [6.07, 6.45) is 0.324. The van der Waals surface area contributed by atoms with Crippen LogP contribution in [-0.4, -0.2) is 73.6 Å². The highest BCUT2D eigenvalue weighted by atomic mass is 32.2. The van der Waals surface area contributed by atoms with Crippen molar-refractivity contribution in [3.63, 3.8) is 0 Å². The number of carbonyl (C=O) groups excluding carboxylic acids is 2. The minimum Gasteiger partial charge on any atom is -0.338 e. The first kappa shape index (κ1) is 17.9. The van der Waals surface area contributed by atoms with Crippen LogP contribution in [0.2, 0.25) is 0 Å². The molecule has 25 heavy (non-hydrogen) atoms. The highest BCUT2D eigenvalue weighted by molar-refractivity contribution is 7.89. The number of amides is 2. The van der Waals surface area contributed by atoms with E-state index in [2.05, 4.69) is 4.90 Å². The van der Waals surface area contributed by atoms with Gasteiger partial charge in [0.2, 0.25) is 11.8 Å². The highest BCUT2D eigenvalue weighted by Crippen LogP contribution is 2.28. The molecule has 8 heteroatoms. The first-order chi connectivity index (χ1) is 11.8. The maximum atomic E-state index is 12.9. The zero-order valence-corrected chi connectivity index (χ0v) is 15.3. The fourth-order valence-corrected chi connectivity index (χ4v) is 4.85. The Morgan fingerprint density at radius 3 is 2.28 bits per heavy atom. The molecule has 0 bridgehead atoms. The fraction of sp³-hybridized carbons (Fsp3) is 0.529. The van der Waals surface area contributed by atoms with Crippen molar-refractivity contribution in [2.45, 2.75) is 30.7 Å². The van der Waals surface area contributed by atoms with E-state index < -0.39 is 22.0 Å². The number of piperazine rings is 1. The molecular formula is C17H23N3O4S. The van der Waals surface area contributed by atoms with Crippen LogP contribution >= 0.6 is 0 Å². The van der Waals surface area contributed by atoms with E-state index in [1.165, 1.54) is 12.1 Å². The lowest BCUT2D eigenvalue weighted by Crippen LogP contribution is -2.54. The van der Waals surface area contributed by atoms with Gasteiger partial charge in [0.25, 0.3) is 10.0 Å². The molecule has 3 rings (SSSR count). The summed E-state index contributed by atoms with van der Waals surface area (Å²) in [4.78, 5) is 29.0. The highest BCUT2D eigenvalue weighted by Gasteiger charge is 2.45. The van der Waals surface area contributed by atoms with Crippen molar-refractivity contribution in [1.29, 1.82) is 0 Å². The number of sulfonamides is 1. The Balaban J connectivity index is 1.86. The second-order valence-electron chi connectivity index (χ2n) is 6.69. The SMILES string of the molecule is Cc1ccc(S(=O)(=O)N2C(=O)CC[C@@H]2C(=O)N2CCN(C)CC2)cc1. The molecular weight excluding hydrogens is 342 g/mol. The van der Waals surface area contributed by atoms with E-state index in [-0.39, 0.29) is 23.6 Å². The van der Waals surface area contributed by atoms with Gasteiger partial charge in [-0.25, -0.2) is 12.7 Å². The minimum atomic E-state index is -4.02. The molecule has 7 nitrogen and oxygen atoms in total. The molecule has 136 valence electrons. The van der Waals surface area contributed by atoms with Crippen LogP contribution in [0.4, 0.5) is 0 Å². The molecule has 0 radical (unpaired) electrons. The molecule has 0 aliphatic carbocycles. The van der Waals surface area contributed by atoms with Crippen LogP contribution in [0.5, 0.6) is 0 Å². The normalized spacial score (nSPS) is 22.5. The van der Waals surface area contributed by atoms with Crippen LogP contribution in [0.3, 0.4) is 0 Å². The van der Waals surface area contributed by atoms with E-state index in [0.29, 0.717) is 13.1 Å². The number of nitrogens with zero attached hydrogens (tertiary/aromatic N) is 3. The standard InChI is InChI=1S/C17H23N3O4S/c1-13-3-5-14(6-4-13)25(23,24)20-15(7-8-16(20)21)17(22)19-11-9-18(2)10-12-19/h3-6,15H,7-12H2,1-2H3/t15-/m1/s1. The summed E-state index contributed by atoms with van der Waals surface area (Å²) < 4.78 is 26.7. The Bertz CT molecular complexity index is 768. The fourth-order valence-electron chi connectivity index (χ4n) is 3.25. The summed E-state index contributed by atoms with van der Waals surface area (Å²) in [5.74, 6) is -0.775. The predicted octanol–water partition coefficient (Wildman–Crippen LogP) is 0.449. The van der Waals surface area contributed by atoms with Crippen LogP contribution in [0.15, 0.2) is 29.2 Å². The third-order valence-electron chi connectivity index (χ3n) is 4.84. The lowest BCUT2D eigenvalue weighted by molar-refractivity contribution is -0.139. The quantitative estimate of drug-likeness (QED) is 0.777. The van der Waals surface area contributed by atoms with Gasteiger partial charge in [-0.3, -0.25) is 9.59 Å². The van der Waals surface area contributed by atoms with Gasteiger partial charge in [0.1, 0.15) is 6.04 Å². The van der Waals surface area contributed by atoms with Gasteiger partial charge in [-0.05, 0) is 32.5 Å². The summed E-state index contributed by atoms with van der Waals surface area (Å²) in [5.41, 5.74) is 0.928. The molecule has 2 aliphatic rings. The second-order valence-corrected chi connectivity index (χ2v) is 8.51. The van der Waals surface area contributed by atoms with E-state index in [9.17, 15) is 18.0 Å². The van der Waals surface area contributed by atoms with E-state index in [1.54, 1.807) is 17.0 Å². The van der Waals surface area contributed by atoms with Crippen molar-refractivity contribution >= 4 is 21.8 Å². The molecule has 0 N–H and O–H groups in total. The van der Waals surface area contributed by atoms with Crippen LogP contribution in [0.1, 0.15) is 18.4 Å². The molecule has 1 atom stereocenters. The lowest BCUT2D eigenvalue weighted by Gasteiger charge is -2.35. The number of benzene rings is 1. The molecule has 1 aromatic rings. The van der Waals surface area contributed by atoms with E-state index in [0.717, 1.165) is 23.0 Å². The van der Waals surface area contributed by atoms with Crippen LogP contribution in [0, 0.1) is 6.92 Å². The summed E-state index contributed by atoms with van der Waals surface area (Å²) >= 11 is 0. The molecule has 2 heterocycles. The molecule has 2 saturated heterocycles. The Morgan fingerprint density at radius 2 is 1.68 bits per heavy atom. The Morgan fingerprint density at radius 1 is 1.08 bits per heavy atom. The topological polar surface area (TPSA) is 78.0 Å². The molecule has 2 aliphatic heterocycles. The molecule has 2 fully saturated rings. The average Bonchev–Trinajstić information content (AvgIpc) is 2.98. The number of carbonyl (C=O) groups is 2. The minimum absolute atomic E-state index is 0.0459. The summed E-state index contributed by atoms with van der Waals surface area (Å²) in [6, 6.07) is 5.40. The van der Waals surface area contributed by atoms with Gasteiger partial charge in [0.05, 0.1) is 4.90 Å². The van der Waals surface area contributed by atoms with Crippen molar-refractivity contribution < 1.29 is 18.0 Å². The molecule has 1 aromatic carbocycles. The van der Waals surface area contributed by atoms with Gasteiger partial charge in [-0.1, -0.05) is 17.7 Å². The van der Waals surface area contributed by atoms with Gasteiger partial charge >= 0.3 is 0 Å². The van der Waals surface area contributed by atoms with E-state index in [4.69, 9.17) is 0 Å². The van der Waals surface area contributed by atoms with Gasteiger partial charge in [0, 0.05) is 32.6 Å². The maximum absolute atomic E-state index is 12.9.